The van der Waals surface area contributed by atoms with Gasteiger partial charge in [0.2, 0.25) is 0 Å². The number of benzene rings is 1. The van der Waals surface area contributed by atoms with Gasteiger partial charge in [0.05, 0.1) is 17.9 Å². The second-order valence-electron chi connectivity index (χ2n) is 7.59. The second-order valence-corrected chi connectivity index (χ2v) is 7.59. The lowest BCUT2D eigenvalue weighted by Gasteiger charge is -2.35. The second kappa shape index (κ2) is 8.89. The number of nitrogens with zero attached hydrogens (tertiary/aromatic N) is 3. The van der Waals surface area contributed by atoms with Gasteiger partial charge in [-0.2, -0.15) is 0 Å². The first kappa shape index (κ1) is 21.0. The van der Waals surface area contributed by atoms with Crippen LogP contribution in [0, 0.1) is 5.82 Å². The minimum absolute atomic E-state index is 0.0954. The number of aromatic nitrogens is 1. The maximum absolute atomic E-state index is 14.5. The van der Waals surface area contributed by atoms with E-state index in [9.17, 15) is 14.0 Å². The highest BCUT2D eigenvalue weighted by molar-refractivity contribution is 5.97. The molecule has 0 aliphatic carbocycles. The Labute approximate surface area is 179 Å². The van der Waals surface area contributed by atoms with E-state index in [0.29, 0.717) is 24.4 Å². The number of amides is 1. The van der Waals surface area contributed by atoms with Crippen LogP contribution >= 0.6 is 0 Å². The van der Waals surface area contributed by atoms with Gasteiger partial charge in [0.1, 0.15) is 5.82 Å². The molecular formula is C22H25FN4O4. The fourth-order valence-corrected chi connectivity index (χ4v) is 3.72. The number of carbonyl (C=O) groups excluding carboxylic acids is 2. The van der Waals surface area contributed by atoms with Crippen LogP contribution in [0.2, 0.25) is 0 Å². The average Bonchev–Trinajstić information content (AvgIpc) is 2.76. The smallest absolute Gasteiger partial charge is 0.339 e. The minimum atomic E-state index is -0.708. The molecule has 2 aliphatic heterocycles. The highest BCUT2D eigenvalue weighted by Crippen LogP contribution is 2.34. The Hall–Kier alpha value is -3.20. The van der Waals surface area contributed by atoms with Crippen molar-refractivity contribution in [1.82, 2.24) is 9.88 Å². The highest BCUT2D eigenvalue weighted by Gasteiger charge is 2.27. The standard InChI is InChI=1S/C22H25FN4O4/c1-3-30-22(29)16-4-5-19(24-12-16)27-8-6-26(7-9-27)13-15-10-17(23)20-18(11-15)25-21(28)14(2)31-20/h4-5,10-12,14H,3,6-9,13H2,1-2H3,(H,25,28). The molecule has 1 aromatic carbocycles. The van der Waals surface area contributed by atoms with Gasteiger partial charge >= 0.3 is 5.97 Å². The number of nitrogens with one attached hydrogen (secondary N) is 1. The van der Waals surface area contributed by atoms with Crippen LogP contribution in [0.25, 0.3) is 0 Å². The topological polar surface area (TPSA) is 84.0 Å². The van der Waals surface area contributed by atoms with Crippen LogP contribution in [-0.4, -0.2) is 60.7 Å². The molecule has 2 aromatic rings. The lowest BCUT2D eigenvalue weighted by Crippen LogP contribution is -2.46. The van der Waals surface area contributed by atoms with Gasteiger partial charge in [-0.3, -0.25) is 9.69 Å². The SMILES string of the molecule is CCOC(=O)c1ccc(N2CCN(Cc3cc(F)c4c(c3)NC(=O)C(C)O4)CC2)nc1. The molecule has 4 rings (SSSR count). The summed E-state index contributed by atoms with van der Waals surface area (Å²) in [5, 5.41) is 2.71. The first-order valence-corrected chi connectivity index (χ1v) is 10.3. The monoisotopic (exact) mass is 428 g/mol. The van der Waals surface area contributed by atoms with E-state index in [1.807, 2.05) is 6.07 Å². The molecular weight excluding hydrogens is 403 g/mol. The maximum Gasteiger partial charge on any atom is 0.339 e. The molecule has 1 unspecified atom stereocenters. The summed E-state index contributed by atoms with van der Waals surface area (Å²) < 4.78 is 24.8. The Morgan fingerprint density at radius 1 is 1.29 bits per heavy atom. The van der Waals surface area contributed by atoms with E-state index in [-0.39, 0.29) is 17.6 Å². The highest BCUT2D eigenvalue weighted by atomic mass is 19.1. The van der Waals surface area contributed by atoms with Crippen molar-refractivity contribution >= 4 is 23.4 Å². The van der Waals surface area contributed by atoms with E-state index in [4.69, 9.17) is 9.47 Å². The lowest BCUT2D eigenvalue weighted by atomic mass is 10.1. The molecule has 3 heterocycles. The largest absolute Gasteiger partial charge is 0.476 e. The molecule has 0 radical (unpaired) electrons. The quantitative estimate of drug-likeness (QED) is 0.733. The summed E-state index contributed by atoms with van der Waals surface area (Å²) in [4.78, 5) is 32.3. The number of fused-ring (bicyclic) bond motifs is 1. The zero-order valence-corrected chi connectivity index (χ0v) is 17.6. The van der Waals surface area contributed by atoms with Crippen molar-refractivity contribution in [2.75, 3.05) is 43.0 Å². The molecule has 1 amide bonds. The van der Waals surface area contributed by atoms with Gasteiger partial charge in [0.25, 0.3) is 5.91 Å². The zero-order valence-electron chi connectivity index (χ0n) is 17.6. The van der Waals surface area contributed by atoms with E-state index >= 15 is 0 Å². The van der Waals surface area contributed by atoms with Crippen LogP contribution in [0.4, 0.5) is 15.9 Å². The summed E-state index contributed by atoms with van der Waals surface area (Å²) in [6.07, 6.45) is 0.827. The van der Waals surface area contributed by atoms with Crippen LogP contribution in [0.3, 0.4) is 0 Å². The Kier molecular flexibility index (Phi) is 6.03. The number of carbonyl (C=O) groups is 2. The van der Waals surface area contributed by atoms with E-state index < -0.39 is 11.9 Å². The summed E-state index contributed by atoms with van der Waals surface area (Å²) in [6, 6.07) is 6.78. The van der Waals surface area contributed by atoms with Gasteiger partial charge in [0.15, 0.2) is 17.7 Å². The Balaban J connectivity index is 1.35. The van der Waals surface area contributed by atoms with E-state index in [0.717, 1.165) is 37.6 Å². The summed E-state index contributed by atoms with van der Waals surface area (Å²) in [6.45, 7) is 7.33. The molecule has 2 aliphatic rings. The fourth-order valence-electron chi connectivity index (χ4n) is 3.72. The van der Waals surface area contributed by atoms with Crippen molar-refractivity contribution in [3.05, 3.63) is 47.4 Å². The molecule has 164 valence electrons. The van der Waals surface area contributed by atoms with Crippen molar-refractivity contribution in [1.29, 1.82) is 0 Å². The number of anilines is 2. The van der Waals surface area contributed by atoms with Gasteiger partial charge < -0.3 is 19.7 Å². The molecule has 1 N–H and O–H groups in total. The first-order valence-electron chi connectivity index (χ1n) is 10.3. The number of halogens is 1. The molecule has 0 spiro atoms. The molecule has 1 fully saturated rings. The molecule has 9 heteroatoms. The van der Waals surface area contributed by atoms with Crippen molar-refractivity contribution in [2.24, 2.45) is 0 Å². The van der Waals surface area contributed by atoms with Gasteiger partial charge in [-0.15, -0.1) is 0 Å². The van der Waals surface area contributed by atoms with Crippen molar-refractivity contribution in [3.8, 4) is 5.75 Å². The van der Waals surface area contributed by atoms with Crippen LogP contribution in [-0.2, 0) is 16.1 Å². The predicted octanol–water partition coefficient (Wildman–Crippen LogP) is 2.44. The zero-order chi connectivity index (χ0) is 22.0. The van der Waals surface area contributed by atoms with E-state index in [2.05, 4.69) is 20.1 Å². The molecule has 31 heavy (non-hydrogen) atoms. The van der Waals surface area contributed by atoms with Crippen LogP contribution < -0.4 is 15.0 Å². The van der Waals surface area contributed by atoms with E-state index in [1.54, 1.807) is 26.0 Å². The van der Waals surface area contributed by atoms with Gasteiger partial charge in [0, 0.05) is 38.9 Å². The minimum Gasteiger partial charge on any atom is -0.476 e. The summed E-state index contributed by atoms with van der Waals surface area (Å²) >= 11 is 0. The van der Waals surface area contributed by atoms with Crippen molar-refractivity contribution in [2.45, 2.75) is 26.5 Å². The van der Waals surface area contributed by atoms with Gasteiger partial charge in [-0.25, -0.2) is 14.2 Å². The average molecular weight is 428 g/mol. The number of esters is 1. The third-order valence-corrected chi connectivity index (χ3v) is 5.39. The fraction of sp³-hybridized carbons (Fsp3) is 0.409. The summed E-state index contributed by atoms with van der Waals surface area (Å²) in [5.74, 6) is -0.220. The van der Waals surface area contributed by atoms with Crippen molar-refractivity contribution < 1.29 is 23.5 Å². The number of ether oxygens (including phenoxy) is 2. The third-order valence-electron chi connectivity index (χ3n) is 5.39. The normalized spacial score (nSPS) is 18.7. The Morgan fingerprint density at radius 2 is 2.06 bits per heavy atom. The molecule has 8 nitrogen and oxygen atoms in total. The Morgan fingerprint density at radius 3 is 2.74 bits per heavy atom. The first-order chi connectivity index (χ1) is 14.9. The summed E-state index contributed by atoms with van der Waals surface area (Å²) in [5.41, 5.74) is 1.59. The number of hydrogen-bond acceptors (Lipinski definition) is 7. The number of rotatable bonds is 5. The number of pyridine rings is 1. The molecule has 0 bridgehead atoms. The molecule has 1 atom stereocenters. The Bertz CT molecular complexity index is 974. The van der Waals surface area contributed by atoms with Crippen LogP contribution in [0.5, 0.6) is 5.75 Å². The molecule has 1 aromatic heterocycles. The van der Waals surface area contributed by atoms with Crippen molar-refractivity contribution in [3.63, 3.8) is 0 Å². The third kappa shape index (κ3) is 4.61. The maximum atomic E-state index is 14.5. The van der Waals surface area contributed by atoms with Gasteiger partial charge in [-0.05, 0) is 43.7 Å². The van der Waals surface area contributed by atoms with Crippen LogP contribution in [0.1, 0.15) is 29.8 Å². The number of piperazine rings is 1. The molecule has 0 saturated carbocycles. The lowest BCUT2D eigenvalue weighted by molar-refractivity contribution is -0.122. The predicted molar refractivity (Wildman–Crippen MR) is 113 cm³/mol. The summed E-state index contributed by atoms with van der Waals surface area (Å²) in [7, 11) is 0. The van der Waals surface area contributed by atoms with Gasteiger partial charge in [-0.1, -0.05) is 0 Å². The number of hydrogen-bond donors (Lipinski definition) is 1. The van der Waals surface area contributed by atoms with E-state index in [1.165, 1.54) is 12.3 Å². The molecule has 1 saturated heterocycles. The van der Waals surface area contributed by atoms with Crippen LogP contribution in [0.15, 0.2) is 30.5 Å².